The van der Waals surface area contributed by atoms with Gasteiger partial charge in [0, 0.05) is 37.9 Å². The van der Waals surface area contributed by atoms with Crippen LogP contribution in [0, 0.1) is 0 Å². The second-order valence-electron chi connectivity index (χ2n) is 10.4. The summed E-state index contributed by atoms with van der Waals surface area (Å²) >= 11 is 0. The number of nitrogens with zero attached hydrogens (tertiary/aromatic N) is 5. The standard InChI is InChI=1S/C33H36N6O/c1-3-5-7-24(4-2)29-15-16-30-33(36-29)39(32(37-30)28-8-6-19-35-31(28)34)25-11-9-23(10-12-25)22-38-20-17-27(18-21-38)40-26-13-14-26/h4-13,15-16,19,27H,3,14,17-18,20-22H2,1-2H3,(H2,34,35)/b7-5-,24-4+. The van der Waals surface area contributed by atoms with E-state index in [2.05, 4.69) is 69.9 Å². The minimum Gasteiger partial charge on any atom is -0.495 e. The average Bonchev–Trinajstić information content (AvgIpc) is 3.72. The number of fused-ring (bicyclic) bond motifs is 1. The van der Waals surface area contributed by atoms with E-state index in [4.69, 9.17) is 20.4 Å². The maximum Gasteiger partial charge on any atom is 0.165 e. The Balaban J connectivity index is 1.32. The Morgan fingerprint density at radius 3 is 2.58 bits per heavy atom. The lowest BCUT2D eigenvalue weighted by Gasteiger charge is -2.31. The fourth-order valence-corrected chi connectivity index (χ4v) is 5.27. The third-order valence-electron chi connectivity index (χ3n) is 7.55. The molecule has 6 rings (SSSR count). The average molecular weight is 533 g/mol. The monoisotopic (exact) mass is 532 g/mol. The van der Waals surface area contributed by atoms with E-state index in [0.29, 0.717) is 11.9 Å². The molecule has 2 aliphatic rings. The fourth-order valence-electron chi connectivity index (χ4n) is 5.27. The lowest BCUT2D eigenvalue weighted by Crippen LogP contribution is -2.36. The van der Waals surface area contributed by atoms with Crippen LogP contribution in [0.15, 0.2) is 84.8 Å². The zero-order valence-corrected chi connectivity index (χ0v) is 23.3. The molecule has 3 aromatic heterocycles. The molecule has 1 fully saturated rings. The fraction of sp³-hybridized carbons (Fsp3) is 0.303. The van der Waals surface area contributed by atoms with Crippen LogP contribution < -0.4 is 5.73 Å². The molecule has 0 atom stereocenters. The van der Waals surface area contributed by atoms with Crippen LogP contribution in [0.4, 0.5) is 5.82 Å². The van der Waals surface area contributed by atoms with Crippen molar-refractivity contribution in [2.75, 3.05) is 18.8 Å². The Bertz CT molecular complexity index is 1590. The highest BCUT2D eigenvalue weighted by Crippen LogP contribution is 2.32. The first kappa shape index (κ1) is 26.0. The molecule has 7 heteroatoms. The molecule has 2 N–H and O–H groups in total. The van der Waals surface area contributed by atoms with Crippen LogP contribution in [0.2, 0.25) is 0 Å². The van der Waals surface area contributed by atoms with Gasteiger partial charge < -0.3 is 10.5 Å². The molecular formula is C33H36N6O. The van der Waals surface area contributed by atoms with Crippen molar-refractivity contribution in [1.82, 2.24) is 24.4 Å². The number of imidazole rings is 1. The second kappa shape index (κ2) is 11.5. The maximum atomic E-state index is 6.32. The second-order valence-corrected chi connectivity index (χ2v) is 10.4. The Hall–Kier alpha value is -4.23. The summed E-state index contributed by atoms with van der Waals surface area (Å²) < 4.78 is 8.10. The Morgan fingerprint density at radius 1 is 1.07 bits per heavy atom. The summed E-state index contributed by atoms with van der Waals surface area (Å²) in [4.78, 5) is 16.9. The molecule has 1 aliphatic heterocycles. The van der Waals surface area contributed by atoms with Crippen LogP contribution in [-0.4, -0.2) is 43.6 Å². The molecule has 4 heterocycles. The van der Waals surface area contributed by atoms with E-state index >= 15 is 0 Å². The highest BCUT2D eigenvalue weighted by Gasteiger charge is 2.23. The minimum atomic E-state index is 0.373. The Morgan fingerprint density at radius 2 is 1.88 bits per heavy atom. The van der Waals surface area contributed by atoms with Gasteiger partial charge in [0.05, 0.1) is 17.0 Å². The van der Waals surface area contributed by atoms with E-state index in [1.807, 2.05) is 31.2 Å². The number of pyridine rings is 2. The van der Waals surface area contributed by atoms with Gasteiger partial charge in [0.1, 0.15) is 17.4 Å². The van der Waals surface area contributed by atoms with Crippen LogP contribution in [0.25, 0.3) is 33.8 Å². The van der Waals surface area contributed by atoms with Gasteiger partial charge in [-0.1, -0.05) is 37.3 Å². The van der Waals surface area contributed by atoms with Crippen LogP contribution in [-0.2, 0) is 11.3 Å². The van der Waals surface area contributed by atoms with Crippen LogP contribution in [0.3, 0.4) is 0 Å². The van der Waals surface area contributed by atoms with Gasteiger partial charge in [0.15, 0.2) is 11.5 Å². The number of ether oxygens (including phenoxy) is 1. The van der Waals surface area contributed by atoms with Gasteiger partial charge in [0.2, 0.25) is 0 Å². The molecule has 1 aromatic carbocycles. The highest BCUT2D eigenvalue weighted by atomic mass is 16.5. The molecule has 204 valence electrons. The molecule has 40 heavy (non-hydrogen) atoms. The number of piperidine rings is 1. The highest BCUT2D eigenvalue weighted by molar-refractivity contribution is 5.85. The van der Waals surface area contributed by atoms with Crippen LogP contribution >= 0.6 is 0 Å². The summed E-state index contributed by atoms with van der Waals surface area (Å²) in [6.07, 6.45) is 14.8. The van der Waals surface area contributed by atoms with Crippen LogP contribution in [0.1, 0.15) is 50.8 Å². The number of nitrogen functional groups attached to an aromatic ring is 1. The van der Waals surface area contributed by atoms with Crippen molar-refractivity contribution in [1.29, 1.82) is 0 Å². The molecule has 0 saturated carbocycles. The first-order valence-corrected chi connectivity index (χ1v) is 14.2. The maximum absolute atomic E-state index is 6.32. The van der Waals surface area contributed by atoms with Gasteiger partial charge in [-0.05, 0) is 79.8 Å². The zero-order valence-electron chi connectivity index (χ0n) is 23.3. The van der Waals surface area contributed by atoms with Crippen molar-refractivity contribution in [3.05, 3.63) is 96.0 Å². The molecule has 0 unspecified atom stereocenters. The van der Waals surface area contributed by atoms with Gasteiger partial charge in [-0.3, -0.25) is 9.47 Å². The number of rotatable bonds is 9. The van der Waals surface area contributed by atoms with E-state index in [1.165, 1.54) is 11.3 Å². The lowest BCUT2D eigenvalue weighted by atomic mass is 10.1. The molecule has 4 aromatic rings. The molecule has 1 saturated heterocycles. The molecular weight excluding hydrogens is 496 g/mol. The SMILES string of the molecule is C/C=C(\C=C/CC)c1ccc2nc(-c3cccnc3N)n(-c3ccc(CN4CCC(OC5=CC5)CC4)cc3)c2n1. The summed E-state index contributed by atoms with van der Waals surface area (Å²) in [5, 5.41) is 0. The quantitative estimate of drug-likeness (QED) is 0.242. The Labute approximate surface area is 235 Å². The largest absolute Gasteiger partial charge is 0.495 e. The van der Waals surface area contributed by atoms with Gasteiger partial charge in [-0.2, -0.15) is 0 Å². The summed E-state index contributed by atoms with van der Waals surface area (Å²) in [5.41, 5.74) is 13.0. The smallest absolute Gasteiger partial charge is 0.165 e. The number of hydrogen-bond acceptors (Lipinski definition) is 6. The first-order chi connectivity index (χ1) is 19.6. The normalized spacial score (nSPS) is 16.6. The van der Waals surface area contributed by atoms with Crippen molar-refractivity contribution in [2.24, 2.45) is 0 Å². The van der Waals surface area contributed by atoms with E-state index in [0.717, 1.165) is 84.8 Å². The third kappa shape index (κ3) is 5.56. The number of allylic oxidation sites excluding steroid dienone is 6. The molecule has 0 radical (unpaired) electrons. The van der Waals surface area contributed by atoms with Crippen molar-refractivity contribution in [2.45, 2.75) is 52.2 Å². The van der Waals surface area contributed by atoms with Gasteiger partial charge in [-0.15, -0.1) is 0 Å². The first-order valence-electron chi connectivity index (χ1n) is 14.2. The van der Waals surface area contributed by atoms with Crippen molar-refractivity contribution >= 4 is 22.6 Å². The van der Waals surface area contributed by atoms with Crippen molar-refractivity contribution in [3.8, 4) is 17.1 Å². The van der Waals surface area contributed by atoms with E-state index in [-0.39, 0.29) is 0 Å². The Kier molecular flexibility index (Phi) is 7.47. The molecule has 7 nitrogen and oxygen atoms in total. The van der Waals surface area contributed by atoms with Crippen molar-refractivity contribution < 1.29 is 4.74 Å². The zero-order chi connectivity index (χ0) is 27.5. The molecule has 1 aliphatic carbocycles. The summed E-state index contributed by atoms with van der Waals surface area (Å²) in [5.74, 6) is 2.35. The summed E-state index contributed by atoms with van der Waals surface area (Å²) in [6, 6.07) is 16.7. The summed E-state index contributed by atoms with van der Waals surface area (Å²) in [6.45, 7) is 7.22. The van der Waals surface area contributed by atoms with E-state index in [1.54, 1.807) is 6.20 Å². The predicted octanol–water partition coefficient (Wildman–Crippen LogP) is 6.70. The number of benzene rings is 1. The number of hydrogen-bond donors (Lipinski definition) is 1. The van der Waals surface area contributed by atoms with Gasteiger partial charge in [-0.25, -0.2) is 15.0 Å². The molecule has 0 spiro atoms. The number of likely N-dealkylation sites (tertiary alicyclic amines) is 1. The molecule has 0 amide bonds. The van der Waals surface area contributed by atoms with E-state index < -0.39 is 0 Å². The number of nitrogens with two attached hydrogens (primary N) is 1. The third-order valence-corrected chi connectivity index (χ3v) is 7.55. The predicted molar refractivity (Wildman–Crippen MR) is 162 cm³/mol. The van der Waals surface area contributed by atoms with Gasteiger partial charge in [0.25, 0.3) is 0 Å². The van der Waals surface area contributed by atoms with Gasteiger partial charge >= 0.3 is 0 Å². The van der Waals surface area contributed by atoms with E-state index in [9.17, 15) is 0 Å². The number of anilines is 1. The number of aromatic nitrogens is 4. The lowest BCUT2D eigenvalue weighted by molar-refractivity contribution is 0.0542. The minimum absolute atomic E-state index is 0.373. The summed E-state index contributed by atoms with van der Waals surface area (Å²) in [7, 11) is 0. The van der Waals surface area contributed by atoms with Crippen molar-refractivity contribution in [3.63, 3.8) is 0 Å². The molecule has 0 bridgehead atoms. The topological polar surface area (TPSA) is 82.1 Å². The van der Waals surface area contributed by atoms with Crippen LogP contribution in [0.5, 0.6) is 0 Å².